The van der Waals surface area contributed by atoms with Crippen molar-refractivity contribution in [1.29, 1.82) is 0 Å². The van der Waals surface area contributed by atoms with E-state index >= 15 is 0 Å². The normalized spacial score (nSPS) is 10.5. The zero-order valence-corrected chi connectivity index (χ0v) is 10.3. The molecule has 7 heteroatoms. The molecule has 0 N–H and O–H groups in total. The van der Waals surface area contributed by atoms with Crippen LogP contribution in [0.5, 0.6) is 5.75 Å². The molecule has 0 amide bonds. The molecular formula is C8H5ClF2INO2. The van der Waals surface area contributed by atoms with Crippen LogP contribution in [0.25, 0.3) is 0 Å². The molecule has 82 valence electrons. The predicted octanol–water partition coefficient (Wildman–Crippen LogP) is 3.01. The Hall–Kier alpha value is -0.500. The number of alkyl halides is 2. The maximum absolute atomic E-state index is 12.4. The molecule has 0 unspecified atom stereocenters. The minimum absolute atomic E-state index is 0.0157. The lowest BCUT2D eigenvalue weighted by atomic mass is 10.2. The van der Waals surface area contributed by atoms with Crippen LogP contribution >= 0.6 is 34.2 Å². The Morgan fingerprint density at radius 3 is 2.67 bits per heavy atom. The van der Waals surface area contributed by atoms with Crippen LogP contribution in [0.1, 0.15) is 22.5 Å². The molecule has 0 fully saturated rings. The molecule has 1 rings (SSSR count). The number of hydrogen-bond acceptors (Lipinski definition) is 3. The van der Waals surface area contributed by atoms with Gasteiger partial charge in [-0.2, -0.15) is 0 Å². The third-order valence-electron chi connectivity index (χ3n) is 1.63. The molecule has 15 heavy (non-hydrogen) atoms. The third kappa shape index (κ3) is 2.54. The maximum Gasteiger partial charge on any atom is 0.281 e. The number of pyridine rings is 1. The summed E-state index contributed by atoms with van der Waals surface area (Å²) in [7, 11) is 1.30. The molecule has 1 aromatic rings. The Kier molecular flexibility index (Phi) is 4.21. The molecule has 0 saturated heterocycles. The second-order valence-electron chi connectivity index (χ2n) is 2.48. The molecule has 0 aliphatic heterocycles. The highest BCUT2D eigenvalue weighted by Gasteiger charge is 2.22. The van der Waals surface area contributed by atoms with Crippen molar-refractivity contribution in [3.05, 3.63) is 21.0 Å². The van der Waals surface area contributed by atoms with Crippen LogP contribution in [0.4, 0.5) is 8.78 Å². The van der Waals surface area contributed by atoms with Gasteiger partial charge in [-0.1, -0.05) is 0 Å². The number of aromatic nitrogens is 1. The van der Waals surface area contributed by atoms with Crippen LogP contribution in [0, 0.1) is 3.57 Å². The highest BCUT2D eigenvalue weighted by Crippen LogP contribution is 2.31. The van der Waals surface area contributed by atoms with E-state index < -0.39 is 17.4 Å². The zero-order valence-electron chi connectivity index (χ0n) is 7.43. The number of carbonyl (C=O) groups is 1. The maximum atomic E-state index is 12.4. The average molecular weight is 347 g/mol. The number of ether oxygens (including phenoxy) is 1. The van der Waals surface area contributed by atoms with E-state index in [1.165, 1.54) is 7.11 Å². The molecule has 3 nitrogen and oxygen atoms in total. The Morgan fingerprint density at radius 1 is 1.67 bits per heavy atom. The van der Waals surface area contributed by atoms with E-state index in [9.17, 15) is 13.6 Å². The second-order valence-corrected chi connectivity index (χ2v) is 3.90. The first-order valence-corrected chi connectivity index (χ1v) is 5.15. The molecule has 0 aliphatic rings. The van der Waals surface area contributed by atoms with Crippen LogP contribution in [0.2, 0.25) is 0 Å². The predicted molar refractivity (Wildman–Crippen MR) is 58.6 cm³/mol. The highest BCUT2D eigenvalue weighted by molar-refractivity contribution is 14.1. The molecule has 0 aromatic carbocycles. The zero-order chi connectivity index (χ0) is 11.6. The van der Waals surface area contributed by atoms with Crippen molar-refractivity contribution < 1.29 is 18.3 Å². The van der Waals surface area contributed by atoms with Gasteiger partial charge in [0.25, 0.3) is 11.7 Å². The van der Waals surface area contributed by atoms with E-state index in [-0.39, 0.29) is 14.9 Å². The van der Waals surface area contributed by atoms with Gasteiger partial charge in [0.15, 0.2) is 0 Å². The lowest BCUT2D eigenvalue weighted by Gasteiger charge is -2.09. The number of methoxy groups -OCH3 is 1. The summed E-state index contributed by atoms with van der Waals surface area (Å²) in [4.78, 5) is 14.5. The quantitative estimate of drug-likeness (QED) is 0.623. The molecule has 1 aromatic heterocycles. The second kappa shape index (κ2) is 5.02. The summed E-state index contributed by atoms with van der Waals surface area (Å²) in [6, 6.07) is 0. The Labute approximate surface area is 103 Å². The summed E-state index contributed by atoms with van der Waals surface area (Å²) in [6.45, 7) is 0. The minimum atomic E-state index is -2.75. The monoisotopic (exact) mass is 347 g/mol. The number of halogens is 4. The van der Waals surface area contributed by atoms with Crippen molar-refractivity contribution in [2.45, 2.75) is 6.43 Å². The summed E-state index contributed by atoms with van der Waals surface area (Å²) in [6.07, 6.45) is -1.70. The number of nitrogens with zero attached hydrogens (tertiary/aromatic N) is 1. The van der Waals surface area contributed by atoms with E-state index in [0.717, 1.165) is 6.20 Å². The first kappa shape index (κ1) is 12.6. The summed E-state index contributed by atoms with van der Waals surface area (Å²) in [5.74, 6) is 0.0869. The van der Waals surface area contributed by atoms with E-state index in [1.54, 1.807) is 22.6 Å². The fourth-order valence-electron chi connectivity index (χ4n) is 0.976. The van der Waals surface area contributed by atoms with Crippen LogP contribution in [0.15, 0.2) is 6.20 Å². The van der Waals surface area contributed by atoms with E-state index in [2.05, 4.69) is 4.98 Å². The standard InChI is InChI=1S/C8H5ClF2INO2/c1-15-3-2-13-6(8(10)11)5(12)4(3)7(9)14/h2,8H,1H3. The molecular weight excluding hydrogens is 342 g/mol. The fraction of sp³-hybridized carbons (Fsp3) is 0.250. The molecule has 0 saturated carbocycles. The van der Waals surface area contributed by atoms with Crippen molar-refractivity contribution in [2.24, 2.45) is 0 Å². The largest absolute Gasteiger partial charge is 0.494 e. The molecule has 0 bridgehead atoms. The smallest absolute Gasteiger partial charge is 0.281 e. The SMILES string of the molecule is COc1cnc(C(F)F)c(I)c1C(=O)Cl. The van der Waals surface area contributed by atoms with Crippen molar-refractivity contribution in [3.8, 4) is 5.75 Å². The van der Waals surface area contributed by atoms with E-state index in [0.29, 0.717) is 0 Å². The van der Waals surface area contributed by atoms with Crippen LogP contribution in [0.3, 0.4) is 0 Å². The first-order valence-electron chi connectivity index (χ1n) is 3.69. The van der Waals surface area contributed by atoms with Gasteiger partial charge in [-0.25, -0.2) is 8.78 Å². The van der Waals surface area contributed by atoms with E-state index in [1.807, 2.05) is 0 Å². The Morgan fingerprint density at radius 2 is 2.27 bits per heavy atom. The molecule has 0 aliphatic carbocycles. The summed E-state index contributed by atoms with van der Waals surface area (Å²) < 4.78 is 29.7. The highest BCUT2D eigenvalue weighted by atomic mass is 127. The molecule has 0 atom stereocenters. The van der Waals surface area contributed by atoms with Crippen LogP contribution in [-0.4, -0.2) is 17.3 Å². The van der Waals surface area contributed by atoms with Crippen molar-refractivity contribution in [3.63, 3.8) is 0 Å². The minimum Gasteiger partial charge on any atom is -0.494 e. The van der Waals surface area contributed by atoms with Gasteiger partial charge in [0, 0.05) is 0 Å². The van der Waals surface area contributed by atoms with Gasteiger partial charge >= 0.3 is 0 Å². The van der Waals surface area contributed by atoms with Gasteiger partial charge in [0.1, 0.15) is 11.4 Å². The summed E-state index contributed by atoms with van der Waals surface area (Å²) in [5.41, 5.74) is -0.550. The third-order valence-corrected chi connectivity index (χ3v) is 2.92. The number of hydrogen-bond donors (Lipinski definition) is 0. The van der Waals surface area contributed by atoms with Crippen molar-refractivity contribution in [1.82, 2.24) is 4.98 Å². The fourth-order valence-corrected chi connectivity index (χ4v) is 2.21. The lowest BCUT2D eigenvalue weighted by Crippen LogP contribution is -2.05. The topological polar surface area (TPSA) is 39.2 Å². The Balaban J connectivity index is 3.42. The summed E-state index contributed by atoms with van der Waals surface area (Å²) in [5, 5.41) is -0.847. The van der Waals surface area contributed by atoms with Gasteiger partial charge in [-0.3, -0.25) is 9.78 Å². The molecule has 1 heterocycles. The molecule has 0 spiro atoms. The van der Waals surface area contributed by atoms with Gasteiger partial charge in [0.05, 0.1) is 22.4 Å². The van der Waals surface area contributed by atoms with Crippen LogP contribution < -0.4 is 4.74 Å². The van der Waals surface area contributed by atoms with Crippen LogP contribution in [-0.2, 0) is 0 Å². The van der Waals surface area contributed by atoms with Gasteiger partial charge in [-0.15, -0.1) is 0 Å². The van der Waals surface area contributed by atoms with Crippen molar-refractivity contribution >= 4 is 39.4 Å². The number of carbonyl (C=O) groups excluding carboxylic acids is 1. The first-order chi connectivity index (χ1) is 6.99. The van der Waals surface area contributed by atoms with E-state index in [4.69, 9.17) is 16.3 Å². The van der Waals surface area contributed by atoms with Gasteiger partial charge in [-0.05, 0) is 34.2 Å². The van der Waals surface area contributed by atoms with Gasteiger partial charge in [0.2, 0.25) is 0 Å². The Bertz CT molecular complexity index is 400. The number of rotatable bonds is 3. The van der Waals surface area contributed by atoms with Gasteiger partial charge < -0.3 is 4.74 Å². The summed E-state index contributed by atoms with van der Waals surface area (Å²) >= 11 is 6.87. The lowest BCUT2D eigenvalue weighted by molar-refractivity contribution is 0.107. The average Bonchev–Trinajstić information content (AvgIpc) is 2.15. The molecule has 0 radical (unpaired) electrons. The van der Waals surface area contributed by atoms with Crippen molar-refractivity contribution in [2.75, 3.05) is 7.11 Å².